The fraction of sp³-hybridized carbons (Fsp3) is 0.273. The molecule has 1 heterocycles. The number of para-hydroxylation sites is 1. The molecular formula is C11H13NO. The van der Waals surface area contributed by atoms with Gasteiger partial charge in [0.15, 0.2) is 5.72 Å². The molecule has 2 heteroatoms. The minimum atomic E-state index is -0.867. The summed E-state index contributed by atoms with van der Waals surface area (Å²) >= 11 is 0. The predicted octanol–water partition coefficient (Wildman–Crippen LogP) is 1.86. The maximum Gasteiger partial charge on any atom is 0.154 e. The third kappa shape index (κ3) is 1.23. The van der Waals surface area contributed by atoms with Crippen molar-refractivity contribution < 1.29 is 5.11 Å². The number of hydrogen-bond donors (Lipinski definition) is 1. The van der Waals surface area contributed by atoms with Gasteiger partial charge in [-0.25, -0.2) is 0 Å². The number of nitrogens with zero attached hydrogens (tertiary/aromatic N) is 1. The van der Waals surface area contributed by atoms with Crippen molar-refractivity contribution in [2.45, 2.75) is 12.6 Å². The van der Waals surface area contributed by atoms with Crippen molar-refractivity contribution in [1.82, 2.24) is 0 Å². The first-order chi connectivity index (χ1) is 6.11. The largest absolute Gasteiger partial charge is 0.368 e. The SMILES string of the molecule is CN1c2ccccc2C=CC1(C)O. The molecule has 0 fully saturated rings. The van der Waals surface area contributed by atoms with Crippen LogP contribution in [0.25, 0.3) is 6.08 Å². The third-order valence-corrected chi connectivity index (χ3v) is 2.56. The van der Waals surface area contributed by atoms with Gasteiger partial charge < -0.3 is 10.0 Å². The van der Waals surface area contributed by atoms with E-state index in [0.29, 0.717) is 0 Å². The van der Waals surface area contributed by atoms with E-state index in [1.54, 1.807) is 13.0 Å². The van der Waals surface area contributed by atoms with Crippen LogP contribution in [0, 0.1) is 0 Å². The van der Waals surface area contributed by atoms with Crippen molar-refractivity contribution in [3.63, 3.8) is 0 Å². The van der Waals surface area contributed by atoms with Gasteiger partial charge in [0.25, 0.3) is 0 Å². The first kappa shape index (κ1) is 8.32. The monoisotopic (exact) mass is 175 g/mol. The van der Waals surface area contributed by atoms with Crippen molar-refractivity contribution in [1.29, 1.82) is 0 Å². The molecule has 1 unspecified atom stereocenters. The smallest absolute Gasteiger partial charge is 0.154 e. The Morgan fingerprint density at radius 1 is 1.31 bits per heavy atom. The molecule has 13 heavy (non-hydrogen) atoms. The number of aliphatic hydroxyl groups is 1. The van der Waals surface area contributed by atoms with E-state index in [9.17, 15) is 5.11 Å². The quantitative estimate of drug-likeness (QED) is 0.650. The lowest BCUT2D eigenvalue weighted by molar-refractivity contribution is 0.112. The molecule has 0 radical (unpaired) electrons. The van der Waals surface area contributed by atoms with Gasteiger partial charge in [-0.2, -0.15) is 0 Å². The minimum Gasteiger partial charge on any atom is -0.368 e. The number of benzene rings is 1. The predicted molar refractivity (Wildman–Crippen MR) is 54.5 cm³/mol. The summed E-state index contributed by atoms with van der Waals surface area (Å²) in [5.74, 6) is 0. The lowest BCUT2D eigenvalue weighted by Gasteiger charge is -2.37. The molecule has 1 aromatic rings. The lowest BCUT2D eigenvalue weighted by Crippen LogP contribution is -2.43. The minimum absolute atomic E-state index is 0.867. The molecular weight excluding hydrogens is 162 g/mol. The van der Waals surface area contributed by atoms with Crippen LogP contribution in [0.5, 0.6) is 0 Å². The van der Waals surface area contributed by atoms with E-state index in [1.165, 1.54) is 0 Å². The molecule has 1 atom stereocenters. The summed E-state index contributed by atoms with van der Waals surface area (Å²) in [7, 11) is 1.89. The summed E-state index contributed by atoms with van der Waals surface area (Å²) in [5.41, 5.74) is 1.35. The average molecular weight is 175 g/mol. The van der Waals surface area contributed by atoms with Crippen molar-refractivity contribution in [2.75, 3.05) is 11.9 Å². The summed E-state index contributed by atoms with van der Waals surface area (Å²) in [6.45, 7) is 1.78. The van der Waals surface area contributed by atoms with Gasteiger partial charge in [0.1, 0.15) is 0 Å². The Hall–Kier alpha value is -1.28. The first-order valence-corrected chi connectivity index (χ1v) is 4.36. The van der Waals surface area contributed by atoms with Gasteiger partial charge in [-0.1, -0.05) is 24.3 Å². The molecule has 0 aromatic heterocycles. The van der Waals surface area contributed by atoms with Crippen LogP contribution in [0.4, 0.5) is 5.69 Å². The summed E-state index contributed by atoms with van der Waals surface area (Å²) in [5, 5.41) is 9.93. The number of rotatable bonds is 0. The van der Waals surface area contributed by atoms with Crippen LogP contribution in [0.2, 0.25) is 0 Å². The molecule has 0 saturated heterocycles. The highest BCUT2D eigenvalue weighted by molar-refractivity contribution is 5.72. The summed E-state index contributed by atoms with van der Waals surface area (Å²) in [6.07, 6.45) is 3.75. The Bertz CT molecular complexity index is 355. The van der Waals surface area contributed by atoms with Gasteiger partial charge in [0, 0.05) is 12.7 Å². The van der Waals surface area contributed by atoms with Crippen LogP contribution in [-0.2, 0) is 0 Å². The molecule has 0 saturated carbocycles. The van der Waals surface area contributed by atoms with Crippen molar-refractivity contribution in [2.24, 2.45) is 0 Å². The normalized spacial score (nSPS) is 25.9. The Balaban J connectivity index is 2.55. The molecule has 1 aromatic carbocycles. The van der Waals surface area contributed by atoms with E-state index in [1.807, 2.05) is 42.3 Å². The summed E-state index contributed by atoms with van der Waals surface area (Å²) in [4.78, 5) is 1.86. The Labute approximate surface area is 78.1 Å². The number of likely N-dealkylation sites (N-methyl/N-ethyl adjacent to an activating group) is 1. The molecule has 0 bridgehead atoms. The van der Waals surface area contributed by atoms with Crippen molar-refractivity contribution in [3.05, 3.63) is 35.9 Å². The fourth-order valence-corrected chi connectivity index (χ4v) is 1.54. The standard InChI is InChI=1S/C11H13NO/c1-11(13)8-7-9-5-3-4-6-10(9)12(11)2/h3-8,13H,1-2H3. The highest BCUT2D eigenvalue weighted by atomic mass is 16.3. The Morgan fingerprint density at radius 2 is 2.00 bits per heavy atom. The molecule has 1 N–H and O–H groups in total. The molecule has 2 nitrogen and oxygen atoms in total. The fourth-order valence-electron chi connectivity index (χ4n) is 1.54. The zero-order valence-corrected chi connectivity index (χ0v) is 7.86. The van der Waals surface area contributed by atoms with Crippen molar-refractivity contribution >= 4 is 11.8 Å². The number of fused-ring (bicyclic) bond motifs is 1. The second-order valence-electron chi connectivity index (χ2n) is 3.55. The molecule has 0 aliphatic carbocycles. The maximum atomic E-state index is 9.93. The molecule has 2 rings (SSSR count). The van der Waals surface area contributed by atoms with E-state index < -0.39 is 5.72 Å². The first-order valence-electron chi connectivity index (χ1n) is 4.36. The van der Waals surface area contributed by atoms with Crippen LogP contribution < -0.4 is 4.90 Å². The highest BCUT2D eigenvalue weighted by Crippen LogP contribution is 2.31. The van der Waals surface area contributed by atoms with Gasteiger partial charge in [-0.3, -0.25) is 0 Å². The summed E-state index contributed by atoms with van der Waals surface area (Å²) < 4.78 is 0. The lowest BCUT2D eigenvalue weighted by atomic mass is 10.0. The van der Waals surface area contributed by atoms with E-state index >= 15 is 0 Å². The van der Waals surface area contributed by atoms with Gasteiger partial charge in [-0.05, 0) is 24.6 Å². The molecule has 0 amide bonds. The topological polar surface area (TPSA) is 23.5 Å². The van der Waals surface area contributed by atoms with E-state index in [-0.39, 0.29) is 0 Å². The van der Waals surface area contributed by atoms with Crippen LogP contribution in [0.3, 0.4) is 0 Å². The van der Waals surface area contributed by atoms with Gasteiger partial charge in [0.2, 0.25) is 0 Å². The maximum absolute atomic E-state index is 9.93. The van der Waals surface area contributed by atoms with Gasteiger partial charge >= 0.3 is 0 Å². The van der Waals surface area contributed by atoms with Crippen LogP contribution >= 0.6 is 0 Å². The average Bonchev–Trinajstić information content (AvgIpc) is 2.13. The zero-order chi connectivity index (χ0) is 9.47. The third-order valence-electron chi connectivity index (χ3n) is 2.56. The molecule has 1 aliphatic rings. The zero-order valence-electron chi connectivity index (χ0n) is 7.86. The summed E-state index contributed by atoms with van der Waals surface area (Å²) in [6, 6.07) is 8.02. The number of hydrogen-bond acceptors (Lipinski definition) is 2. The molecule has 1 aliphatic heterocycles. The van der Waals surface area contributed by atoms with E-state index in [2.05, 4.69) is 0 Å². The molecule has 68 valence electrons. The second-order valence-corrected chi connectivity index (χ2v) is 3.55. The van der Waals surface area contributed by atoms with E-state index in [4.69, 9.17) is 0 Å². The highest BCUT2D eigenvalue weighted by Gasteiger charge is 2.27. The second kappa shape index (κ2) is 2.60. The van der Waals surface area contributed by atoms with Gasteiger partial charge in [-0.15, -0.1) is 0 Å². The van der Waals surface area contributed by atoms with Gasteiger partial charge in [0.05, 0.1) is 0 Å². The Morgan fingerprint density at radius 3 is 2.77 bits per heavy atom. The molecule has 0 spiro atoms. The van der Waals surface area contributed by atoms with Crippen LogP contribution in [0.1, 0.15) is 12.5 Å². The Kier molecular flexibility index (Phi) is 1.67. The van der Waals surface area contributed by atoms with Crippen LogP contribution in [0.15, 0.2) is 30.3 Å². The van der Waals surface area contributed by atoms with E-state index in [0.717, 1.165) is 11.3 Å². The van der Waals surface area contributed by atoms with Crippen LogP contribution in [-0.4, -0.2) is 17.9 Å². The number of anilines is 1. The van der Waals surface area contributed by atoms with Crippen molar-refractivity contribution in [3.8, 4) is 0 Å².